The molecule has 0 unspecified atom stereocenters. The van der Waals surface area contributed by atoms with Crippen molar-refractivity contribution in [2.24, 2.45) is 0 Å². The van der Waals surface area contributed by atoms with Gasteiger partial charge in [-0.25, -0.2) is 4.68 Å². The lowest BCUT2D eigenvalue weighted by molar-refractivity contribution is -0.384. The maximum atomic E-state index is 11.1. The van der Waals surface area contributed by atoms with Crippen molar-refractivity contribution in [1.29, 1.82) is 0 Å². The molecule has 0 bridgehead atoms. The highest BCUT2D eigenvalue weighted by atomic mass is 16.6. The Labute approximate surface area is 107 Å². The van der Waals surface area contributed by atoms with Crippen LogP contribution in [0.4, 0.5) is 11.5 Å². The molecule has 0 aliphatic heterocycles. The fraction of sp³-hybridized carbons (Fsp3) is 0.583. The summed E-state index contributed by atoms with van der Waals surface area (Å²) < 4.78 is 1.60. The summed E-state index contributed by atoms with van der Waals surface area (Å²) in [5.74, 6) is 2.94. The number of nitrogens with one attached hydrogen (secondary N) is 1. The number of aromatic nitrogens is 2. The van der Waals surface area contributed by atoms with Crippen LogP contribution in [0.25, 0.3) is 0 Å². The molecule has 1 aromatic rings. The highest BCUT2D eigenvalue weighted by Crippen LogP contribution is 2.30. The van der Waals surface area contributed by atoms with E-state index < -0.39 is 10.5 Å². The van der Waals surface area contributed by atoms with Gasteiger partial charge in [0.1, 0.15) is 5.69 Å². The zero-order valence-electron chi connectivity index (χ0n) is 11.1. The van der Waals surface area contributed by atoms with Crippen LogP contribution in [0.3, 0.4) is 0 Å². The van der Waals surface area contributed by atoms with E-state index in [4.69, 9.17) is 6.42 Å². The Balaban J connectivity index is 3.29. The van der Waals surface area contributed by atoms with Crippen LogP contribution in [-0.4, -0.2) is 20.2 Å². The molecule has 0 fully saturated rings. The van der Waals surface area contributed by atoms with Crippen LogP contribution in [0.15, 0.2) is 0 Å². The molecule has 0 aliphatic carbocycles. The van der Waals surface area contributed by atoms with Gasteiger partial charge in [-0.2, -0.15) is 5.10 Å². The average molecular weight is 250 g/mol. The minimum Gasteiger partial charge on any atom is -0.349 e. The third-order valence-corrected chi connectivity index (χ3v) is 2.51. The number of terminal acetylenes is 1. The number of hydrogen-bond acceptors (Lipinski definition) is 4. The number of nitrogens with zero attached hydrogens (tertiary/aromatic N) is 3. The van der Waals surface area contributed by atoms with Gasteiger partial charge >= 0.3 is 5.69 Å². The molecule has 0 amide bonds. The Kier molecular flexibility index (Phi) is 3.96. The monoisotopic (exact) mass is 250 g/mol. The number of anilines is 1. The predicted molar refractivity (Wildman–Crippen MR) is 70.4 cm³/mol. The maximum absolute atomic E-state index is 11.1. The van der Waals surface area contributed by atoms with Crippen LogP contribution in [0.1, 0.15) is 32.9 Å². The highest BCUT2D eigenvalue weighted by Gasteiger charge is 2.28. The summed E-state index contributed by atoms with van der Waals surface area (Å²) >= 11 is 0. The zero-order valence-corrected chi connectivity index (χ0v) is 11.1. The lowest BCUT2D eigenvalue weighted by Gasteiger charge is -2.21. The number of aryl methyl sites for hydroxylation is 2. The van der Waals surface area contributed by atoms with Crippen molar-refractivity contribution in [2.45, 2.75) is 46.2 Å². The fourth-order valence-electron chi connectivity index (χ4n) is 1.62. The van der Waals surface area contributed by atoms with Gasteiger partial charge in [-0.3, -0.25) is 10.1 Å². The van der Waals surface area contributed by atoms with Crippen LogP contribution in [0.5, 0.6) is 0 Å². The Morgan fingerprint density at radius 2 is 2.22 bits per heavy atom. The summed E-state index contributed by atoms with van der Waals surface area (Å²) in [6.45, 7) is 7.79. The van der Waals surface area contributed by atoms with Gasteiger partial charge in [0.25, 0.3) is 0 Å². The molecule has 0 atom stereocenters. The van der Waals surface area contributed by atoms with Gasteiger partial charge < -0.3 is 5.32 Å². The van der Waals surface area contributed by atoms with Crippen molar-refractivity contribution in [1.82, 2.24) is 9.78 Å². The molecule has 0 spiro atoms. The summed E-state index contributed by atoms with van der Waals surface area (Å²) in [7, 11) is 0. The molecular formula is C12H18N4O2. The molecule has 98 valence electrons. The Bertz CT molecular complexity index is 497. The van der Waals surface area contributed by atoms with Crippen molar-refractivity contribution in [2.75, 3.05) is 5.32 Å². The zero-order chi connectivity index (χ0) is 13.9. The Morgan fingerprint density at radius 1 is 1.61 bits per heavy atom. The second kappa shape index (κ2) is 5.08. The van der Waals surface area contributed by atoms with Gasteiger partial charge in [0.2, 0.25) is 5.82 Å². The summed E-state index contributed by atoms with van der Waals surface area (Å²) in [4.78, 5) is 10.7. The molecule has 1 aromatic heterocycles. The van der Waals surface area contributed by atoms with Gasteiger partial charge in [-0.05, 0) is 27.2 Å². The molecule has 1 rings (SSSR count). The smallest absolute Gasteiger partial charge is 0.333 e. The van der Waals surface area contributed by atoms with Crippen molar-refractivity contribution in [3.05, 3.63) is 15.8 Å². The van der Waals surface area contributed by atoms with Crippen LogP contribution in [-0.2, 0) is 6.54 Å². The van der Waals surface area contributed by atoms with E-state index in [2.05, 4.69) is 16.3 Å². The van der Waals surface area contributed by atoms with Crippen molar-refractivity contribution >= 4 is 11.5 Å². The molecule has 1 heterocycles. The molecule has 6 heteroatoms. The van der Waals surface area contributed by atoms with E-state index in [0.29, 0.717) is 18.1 Å². The van der Waals surface area contributed by atoms with Crippen molar-refractivity contribution in [3.63, 3.8) is 0 Å². The summed E-state index contributed by atoms with van der Waals surface area (Å²) in [5.41, 5.74) is -0.279. The summed E-state index contributed by atoms with van der Waals surface area (Å²) in [5, 5.41) is 18.3. The van der Waals surface area contributed by atoms with Gasteiger partial charge in [-0.1, -0.05) is 12.8 Å². The molecular weight excluding hydrogens is 232 g/mol. The van der Waals surface area contributed by atoms with Gasteiger partial charge in [0.05, 0.1) is 10.5 Å². The van der Waals surface area contributed by atoms with Crippen molar-refractivity contribution < 1.29 is 4.92 Å². The molecule has 0 saturated carbocycles. The van der Waals surface area contributed by atoms with E-state index in [0.717, 1.165) is 6.42 Å². The van der Waals surface area contributed by atoms with E-state index in [1.165, 1.54) is 0 Å². The van der Waals surface area contributed by atoms with Crippen molar-refractivity contribution in [3.8, 4) is 12.3 Å². The van der Waals surface area contributed by atoms with E-state index in [-0.39, 0.29) is 5.69 Å². The third kappa shape index (κ3) is 2.80. The van der Waals surface area contributed by atoms with Crippen LogP contribution < -0.4 is 5.32 Å². The van der Waals surface area contributed by atoms with E-state index in [9.17, 15) is 10.1 Å². The average Bonchev–Trinajstić information content (AvgIpc) is 2.55. The first-order chi connectivity index (χ1) is 8.32. The molecule has 0 saturated heterocycles. The molecule has 18 heavy (non-hydrogen) atoms. The summed E-state index contributed by atoms with van der Waals surface area (Å²) in [6.07, 6.45) is 6.24. The SMILES string of the molecule is C#CC(C)(C)Nc1c([N+](=O)[O-])c(C)nn1CCC. The minimum absolute atomic E-state index is 0.00762. The topological polar surface area (TPSA) is 73.0 Å². The van der Waals surface area contributed by atoms with Gasteiger partial charge in [0, 0.05) is 6.54 Å². The first kappa shape index (κ1) is 14.0. The highest BCUT2D eigenvalue weighted by molar-refractivity contribution is 5.61. The maximum Gasteiger partial charge on any atom is 0.333 e. The van der Waals surface area contributed by atoms with E-state index in [1.54, 1.807) is 25.5 Å². The normalized spacial score (nSPS) is 11.1. The van der Waals surface area contributed by atoms with Gasteiger partial charge in [-0.15, -0.1) is 6.42 Å². The van der Waals surface area contributed by atoms with Gasteiger partial charge in [0.15, 0.2) is 0 Å². The second-order valence-electron chi connectivity index (χ2n) is 4.66. The number of hydrogen-bond donors (Lipinski definition) is 1. The molecule has 1 N–H and O–H groups in total. The standard InChI is InChI=1S/C12H18N4O2/c1-6-8-15-11(13-12(4,5)7-2)10(16(17)18)9(3)14-15/h2,13H,6,8H2,1,3-5H3. The first-order valence-electron chi connectivity index (χ1n) is 5.80. The lowest BCUT2D eigenvalue weighted by atomic mass is 10.1. The van der Waals surface area contributed by atoms with Crippen LogP contribution >= 0.6 is 0 Å². The lowest BCUT2D eigenvalue weighted by Crippen LogP contribution is -2.30. The molecule has 0 aliphatic rings. The Morgan fingerprint density at radius 3 is 2.67 bits per heavy atom. The first-order valence-corrected chi connectivity index (χ1v) is 5.80. The van der Waals surface area contributed by atoms with E-state index >= 15 is 0 Å². The number of nitro groups is 1. The predicted octanol–water partition coefficient (Wildman–Crippen LogP) is 2.33. The molecule has 6 nitrogen and oxygen atoms in total. The largest absolute Gasteiger partial charge is 0.349 e. The summed E-state index contributed by atoms with van der Waals surface area (Å²) in [6, 6.07) is 0. The number of rotatable bonds is 5. The molecule has 0 aromatic carbocycles. The molecule has 0 radical (unpaired) electrons. The fourth-order valence-corrected chi connectivity index (χ4v) is 1.62. The third-order valence-electron chi connectivity index (χ3n) is 2.51. The second-order valence-corrected chi connectivity index (χ2v) is 4.66. The van der Waals surface area contributed by atoms with E-state index in [1.807, 2.05) is 6.92 Å². The minimum atomic E-state index is -0.664. The quantitative estimate of drug-likeness (QED) is 0.494. The van der Waals surface area contributed by atoms with Crippen LogP contribution in [0, 0.1) is 29.4 Å². The van der Waals surface area contributed by atoms with Crippen LogP contribution in [0.2, 0.25) is 0 Å². The Hall–Kier alpha value is -2.03.